The minimum absolute atomic E-state index is 1.09. The molecule has 0 fully saturated rings. The van der Waals surface area contributed by atoms with Crippen LogP contribution in [0.3, 0.4) is 0 Å². The summed E-state index contributed by atoms with van der Waals surface area (Å²) in [6.07, 6.45) is 3.73. The van der Waals surface area contributed by atoms with Gasteiger partial charge in [-0.1, -0.05) is 66.7 Å². The van der Waals surface area contributed by atoms with Gasteiger partial charge in [-0.3, -0.25) is 4.98 Å². The van der Waals surface area contributed by atoms with Crippen LogP contribution in [-0.4, -0.2) is 9.55 Å². The zero-order valence-corrected chi connectivity index (χ0v) is 22.6. The number of benzene rings is 5. The Hall–Kier alpha value is -5.15. The zero-order valence-electron chi connectivity index (χ0n) is 22.6. The minimum Gasteiger partial charge on any atom is -0.355 e. The van der Waals surface area contributed by atoms with Crippen LogP contribution in [-0.2, 0) is 0 Å². The molecule has 2 aromatic heterocycles. The van der Waals surface area contributed by atoms with Crippen LogP contribution in [0.5, 0.6) is 0 Å². The van der Waals surface area contributed by atoms with Gasteiger partial charge in [-0.25, -0.2) is 0 Å². The molecule has 2 heterocycles. The average molecular weight is 516 g/mol. The Morgan fingerprint density at radius 2 is 1.30 bits per heavy atom. The summed E-state index contributed by atoms with van der Waals surface area (Å²) in [4.78, 5) is 4.30. The highest BCUT2D eigenvalue weighted by molar-refractivity contribution is 6.10. The Balaban J connectivity index is 1.33. The first-order valence-electron chi connectivity index (χ1n) is 13.6. The Morgan fingerprint density at radius 3 is 2.10 bits per heavy atom. The summed E-state index contributed by atoms with van der Waals surface area (Å²) in [6, 6.07) is 43.2. The van der Waals surface area contributed by atoms with Crippen molar-refractivity contribution in [1.82, 2.24) is 9.55 Å². The van der Waals surface area contributed by atoms with Crippen molar-refractivity contribution < 1.29 is 0 Å². The van der Waals surface area contributed by atoms with Gasteiger partial charge in [-0.2, -0.15) is 0 Å². The van der Waals surface area contributed by atoms with Crippen molar-refractivity contribution >= 4 is 33.2 Å². The van der Waals surface area contributed by atoms with Gasteiger partial charge in [-0.15, -0.1) is 0 Å². The quantitative estimate of drug-likeness (QED) is 0.247. The minimum atomic E-state index is 1.09. The molecule has 40 heavy (non-hydrogen) atoms. The van der Waals surface area contributed by atoms with Crippen molar-refractivity contribution in [3.63, 3.8) is 0 Å². The van der Waals surface area contributed by atoms with E-state index in [1.54, 1.807) is 0 Å². The number of aryl methyl sites for hydroxylation is 2. The van der Waals surface area contributed by atoms with Crippen LogP contribution in [0.4, 0.5) is 11.4 Å². The summed E-state index contributed by atoms with van der Waals surface area (Å²) in [5.41, 5.74) is 12.9. The van der Waals surface area contributed by atoms with Crippen LogP contribution in [0.2, 0.25) is 0 Å². The third-order valence-corrected chi connectivity index (χ3v) is 7.71. The van der Waals surface area contributed by atoms with E-state index in [2.05, 4.69) is 144 Å². The molecule has 0 saturated carbocycles. The molecule has 0 unspecified atom stereocenters. The van der Waals surface area contributed by atoms with E-state index in [1.807, 2.05) is 18.5 Å². The van der Waals surface area contributed by atoms with Crippen LogP contribution in [0.1, 0.15) is 11.1 Å². The number of hydrogen-bond acceptors (Lipinski definition) is 2. The van der Waals surface area contributed by atoms with E-state index in [0.29, 0.717) is 0 Å². The number of aromatic nitrogens is 2. The lowest BCUT2D eigenvalue weighted by molar-refractivity contribution is 1.18. The standard InChI is InChI=1S/C37H29N3/c1-25-21-29(28-11-10-20-38-24-28)22-26(2)37(25)39-34-16-8-6-14-31(34)27-18-19-36-33(23-27)32-15-7-9-17-35(32)40(36)30-12-4-3-5-13-30/h3-24,39H,1-2H3. The lowest BCUT2D eigenvalue weighted by atomic mass is 9.98. The molecule has 1 N–H and O–H groups in total. The maximum absolute atomic E-state index is 4.30. The fourth-order valence-electron chi connectivity index (χ4n) is 5.84. The Labute approximate surface area is 234 Å². The third-order valence-electron chi connectivity index (χ3n) is 7.71. The van der Waals surface area contributed by atoms with E-state index in [0.717, 1.165) is 16.9 Å². The average Bonchev–Trinajstić information content (AvgIpc) is 3.34. The van der Waals surface area contributed by atoms with Gasteiger partial charge in [0.25, 0.3) is 0 Å². The van der Waals surface area contributed by atoms with Gasteiger partial charge >= 0.3 is 0 Å². The number of nitrogens with one attached hydrogen (secondary N) is 1. The largest absolute Gasteiger partial charge is 0.355 e. The van der Waals surface area contributed by atoms with E-state index in [-0.39, 0.29) is 0 Å². The molecule has 3 heteroatoms. The van der Waals surface area contributed by atoms with Gasteiger partial charge in [-0.05, 0) is 90.7 Å². The molecule has 0 aliphatic carbocycles. The Kier molecular flexibility index (Phi) is 5.90. The van der Waals surface area contributed by atoms with Gasteiger partial charge in [0, 0.05) is 51.4 Å². The van der Waals surface area contributed by atoms with E-state index >= 15 is 0 Å². The van der Waals surface area contributed by atoms with Gasteiger partial charge < -0.3 is 9.88 Å². The van der Waals surface area contributed by atoms with E-state index < -0.39 is 0 Å². The number of hydrogen-bond donors (Lipinski definition) is 1. The SMILES string of the molecule is Cc1cc(-c2cccnc2)cc(C)c1Nc1ccccc1-c1ccc2c(c1)c1ccccc1n2-c1ccccc1. The number of nitrogens with zero attached hydrogens (tertiary/aromatic N) is 2. The highest BCUT2D eigenvalue weighted by Gasteiger charge is 2.15. The molecule has 0 aliphatic rings. The van der Waals surface area contributed by atoms with Crippen LogP contribution in [0.15, 0.2) is 134 Å². The van der Waals surface area contributed by atoms with Crippen molar-refractivity contribution in [2.24, 2.45) is 0 Å². The fraction of sp³-hybridized carbons (Fsp3) is 0.0541. The molecule has 0 saturated heterocycles. The van der Waals surface area contributed by atoms with Crippen LogP contribution in [0.25, 0.3) is 49.7 Å². The molecule has 0 bridgehead atoms. The predicted molar refractivity (Wildman–Crippen MR) is 169 cm³/mol. The van der Waals surface area contributed by atoms with E-state index in [1.165, 1.54) is 55.3 Å². The molecule has 192 valence electrons. The van der Waals surface area contributed by atoms with Crippen LogP contribution >= 0.6 is 0 Å². The molecule has 5 aromatic carbocycles. The molecular formula is C37H29N3. The third kappa shape index (κ3) is 4.13. The topological polar surface area (TPSA) is 29.9 Å². The molecule has 3 nitrogen and oxygen atoms in total. The van der Waals surface area contributed by atoms with Crippen LogP contribution < -0.4 is 5.32 Å². The van der Waals surface area contributed by atoms with Gasteiger partial charge in [0.05, 0.1) is 11.0 Å². The molecule has 7 aromatic rings. The van der Waals surface area contributed by atoms with Crippen molar-refractivity contribution in [3.8, 4) is 27.9 Å². The lowest BCUT2D eigenvalue weighted by Crippen LogP contribution is -1.99. The molecule has 0 spiro atoms. The second-order valence-electron chi connectivity index (χ2n) is 10.3. The maximum Gasteiger partial charge on any atom is 0.0541 e. The van der Waals surface area contributed by atoms with Crippen molar-refractivity contribution in [3.05, 3.63) is 145 Å². The number of rotatable bonds is 5. The summed E-state index contributed by atoms with van der Waals surface area (Å²) in [5, 5.41) is 6.29. The van der Waals surface area contributed by atoms with Gasteiger partial charge in [0.1, 0.15) is 0 Å². The molecule has 7 rings (SSSR count). The van der Waals surface area contributed by atoms with Crippen molar-refractivity contribution in [1.29, 1.82) is 0 Å². The Bertz CT molecular complexity index is 1960. The summed E-state index contributed by atoms with van der Waals surface area (Å²) >= 11 is 0. The maximum atomic E-state index is 4.30. The summed E-state index contributed by atoms with van der Waals surface area (Å²) < 4.78 is 2.36. The zero-order chi connectivity index (χ0) is 27.1. The highest BCUT2D eigenvalue weighted by atomic mass is 15.0. The second kappa shape index (κ2) is 9.87. The van der Waals surface area contributed by atoms with Gasteiger partial charge in [0.2, 0.25) is 0 Å². The highest BCUT2D eigenvalue weighted by Crippen LogP contribution is 2.38. The summed E-state index contributed by atoms with van der Waals surface area (Å²) in [7, 11) is 0. The number of anilines is 2. The summed E-state index contributed by atoms with van der Waals surface area (Å²) in [5.74, 6) is 0. The van der Waals surface area contributed by atoms with Crippen molar-refractivity contribution in [2.75, 3.05) is 5.32 Å². The van der Waals surface area contributed by atoms with E-state index in [9.17, 15) is 0 Å². The van der Waals surface area contributed by atoms with Crippen molar-refractivity contribution in [2.45, 2.75) is 13.8 Å². The number of para-hydroxylation sites is 3. The Morgan fingerprint density at radius 1 is 0.575 bits per heavy atom. The molecule has 0 amide bonds. The number of fused-ring (bicyclic) bond motifs is 3. The van der Waals surface area contributed by atoms with Crippen LogP contribution in [0, 0.1) is 13.8 Å². The first-order chi connectivity index (χ1) is 19.7. The molecule has 0 aliphatic heterocycles. The first kappa shape index (κ1) is 23.9. The molecule has 0 atom stereocenters. The normalized spacial score (nSPS) is 11.2. The second-order valence-corrected chi connectivity index (χ2v) is 10.3. The number of pyridine rings is 1. The smallest absolute Gasteiger partial charge is 0.0541 e. The molecular weight excluding hydrogens is 486 g/mol. The van der Waals surface area contributed by atoms with Gasteiger partial charge in [0.15, 0.2) is 0 Å². The first-order valence-corrected chi connectivity index (χ1v) is 13.6. The summed E-state index contributed by atoms with van der Waals surface area (Å²) in [6.45, 7) is 4.34. The van der Waals surface area contributed by atoms with E-state index in [4.69, 9.17) is 0 Å². The fourth-order valence-corrected chi connectivity index (χ4v) is 5.84. The lowest BCUT2D eigenvalue weighted by Gasteiger charge is -2.18. The molecule has 0 radical (unpaired) electrons. The predicted octanol–water partition coefficient (Wildman–Crippen LogP) is 9.87. The monoisotopic (exact) mass is 515 g/mol.